The van der Waals surface area contributed by atoms with Gasteiger partial charge in [-0.2, -0.15) is 0 Å². The average Bonchev–Trinajstić information content (AvgIpc) is 2.71. The van der Waals surface area contributed by atoms with Gasteiger partial charge in [0.15, 0.2) is 5.96 Å². The van der Waals surface area contributed by atoms with Gasteiger partial charge in [-0.25, -0.2) is 4.79 Å². The maximum absolute atomic E-state index is 12.4. The van der Waals surface area contributed by atoms with Crippen molar-refractivity contribution in [3.05, 3.63) is 0 Å². The van der Waals surface area contributed by atoms with Crippen molar-refractivity contribution in [1.29, 1.82) is 0 Å². The molecule has 0 aliphatic heterocycles. The van der Waals surface area contributed by atoms with Crippen LogP contribution in [0.2, 0.25) is 0 Å². The average molecular weight is 477 g/mol. The second kappa shape index (κ2) is 14.5. The van der Waals surface area contributed by atoms with E-state index in [9.17, 15) is 34.2 Å². The Morgan fingerprint density at radius 1 is 0.939 bits per heavy atom. The fraction of sp³-hybridized carbons (Fsp3) is 0.647. The number of amides is 3. The molecule has 0 saturated carbocycles. The van der Waals surface area contributed by atoms with Crippen LogP contribution in [0.5, 0.6) is 0 Å². The Hall–Kier alpha value is -3.50. The normalized spacial score (nSPS) is 15.2. The van der Waals surface area contributed by atoms with Crippen LogP contribution in [-0.4, -0.2) is 99.5 Å². The Balaban J connectivity index is 5.07. The van der Waals surface area contributed by atoms with Crippen LogP contribution in [0, 0.1) is 0 Å². The molecule has 16 heteroatoms. The lowest BCUT2D eigenvalue weighted by atomic mass is 10.1. The number of carbonyl (C=O) groups is 5. The van der Waals surface area contributed by atoms with E-state index in [2.05, 4.69) is 15.6 Å². The highest BCUT2D eigenvalue weighted by Crippen LogP contribution is 2.01. The molecule has 13 N–H and O–H groups in total. The smallest absolute Gasteiger partial charge is 0.326 e. The van der Waals surface area contributed by atoms with Gasteiger partial charge in [0.05, 0.1) is 25.2 Å². The zero-order valence-electron chi connectivity index (χ0n) is 17.9. The van der Waals surface area contributed by atoms with E-state index < -0.39 is 73.0 Å². The summed E-state index contributed by atoms with van der Waals surface area (Å²) in [6, 6.07) is -6.15. The molecule has 0 aromatic rings. The Labute approximate surface area is 188 Å². The van der Waals surface area contributed by atoms with Crippen molar-refractivity contribution in [2.45, 2.75) is 56.5 Å². The summed E-state index contributed by atoms with van der Waals surface area (Å²) in [6.07, 6.45) is -1.98. The molecule has 0 aromatic carbocycles. The SMILES string of the molecule is CC(O)C(NC(=O)C(CO)NC(=O)C(N)CCCN=C(N)N)C(=O)NC(CC(=O)O)C(=O)O. The number of aliphatic hydroxyl groups is 2. The molecule has 0 bridgehead atoms. The van der Waals surface area contributed by atoms with Crippen LogP contribution < -0.4 is 33.2 Å². The molecular weight excluding hydrogens is 446 g/mol. The molecule has 0 rings (SSSR count). The molecule has 188 valence electrons. The molecule has 0 aliphatic carbocycles. The number of hydrogen-bond acceptors (Lipinski definition) is 9. The van der Waals surface area contributed by atoms with Gasteiger partial charge in [0.25, 0.3) is 0 Å². The lowest BCUT2D eigenvalue weighted by molar-refractivity contribution is -0.148. The highest BCUT2D eigenvalue weighted by molar-refractivity contribution is 5.95. The van der Waals surface area contributed by atoms with Crippen molar-refractivity contribution in [3.8, 4) is 0 Å². The Morgan fingerprint density at radius 3 is 1.97 bits per heavy atom. The monoisotopic (exact) mass is 477 g/mol. The van der Waals surface area contributed by atoms with Crippen LogP contribution in [0.4, 0.5) is 0 Å². The summed E-state index contributed by atoms with van der Waals surface area (Å²) in [6.45, 7) is 0.442. The van der Waals surface area contributed by atoms with Gasteiger partial charge in [-0.05, 0) is 19.8 Å². The lowest BCUT2D eigenvalue weighted by Crippen LogP contribution is -2.60. The maximum atomic E-state index is 12.4. The molecular formula is C17H31N7O9. The van der Waals surface area contributed by atoms with Crippen molar-refractivity contribution in [3.63, 3.8) is 0 Å². The second-order valence-corrected chi connectivity index (χ2v) is 7.02. The zero-order valence-corrected chi connectivity index (χ0v) is 17.9. The lowest BCUT2D eigenvalue weighted by Gasteiger charge is -2.25. The first-order valence-electron chi connectivity index (χ1n) is 9.75. The van der Waals surface area contributed by atoms with Gasteiger partial charge in [0, 0.05) is 6.54 Å². The van der Waals surface area contributed by atoms with Crippen molar-refractivity contribution in [1.82, 2.24) is 16.0 Å². The number of nitrogens with one attached hydrogen (secondary N) is 3. The molecule has 0 fully saturated rings. The van der Waals surface area contributed by atoms with Gasteiger partial charge >= 0.3 is 11.9 Å². The summed E-state index contributed by atoms with van der Waals surface area (Å²) in [5.74, 6) is -6.33. The molecule has 16 nitrogen and oxygen atoms in total. The van der Waals surface area contributed by atoms with E-state index in [4.69, 9.17) is 27.4 Å². The highest BCUT2D eigenvalue weighted by atomic mass is 16.4. The molecule has 3 amide bonds. The number of hydrogen-bond donors (Lipinski definition) is 10. The third kappa shape index (κ3) is 11.6. The van der Waals surface area contributed by atoms with Crippen LogP contribution >= 0.6 is 0 Å². The second-order valence-electron chi connectivity index (χ2n) is 7.02. The maximum Gasteiger partial charge on any atom is 0.326 e. The first-order chi connectivity index (χ1) is 15.3. The van der Waals surface area contributed by atoms with Crippen LogP contribution in [0.15, 0.2) is 4.99 Å². The van der Waals surface area contributed by atoms with E-state index >= 15 is 0 Å². The molecule has 5 unspecified atom stereocenters. The first kappa shape index (κ1) is 29.5. The fourth-order valence-electron chi connectivity index (χ4n) is 2.42. The van der Waals surface area contributed by atoms with Crippen LogP contribution in [-0.2, 0) is 24.0 Å². The highest BCUT2D eigenvalue weighted by Gasteiger charge is 2.33. The molecule has 0 aliphatic rings. The van der Waals surface area contributed by atoms with Gasteiger partial charge in [-0.15, -0.1) is 0 Å². The molecule has 0 radical (unpaired) electrons. The van der Waals surface area contributed by atoms with Crippen LogP contribution in [0.25, 0.3) is 0 Å². The van der Waals surface area contributed by atoms with Gasteiger partial charge in [-0.1, -0.05) is 0 Å². The number of guanidine groups is 1. The van der Waals surface area contributed by atoms with E-state index in [1.54, 1.807) is 0 Å². The van der Waals surface area contributed by atoms with Gasteiger partial charge in [-0.3, -0.25) is 24.2 Å². The number of carboxylic acid groups (broad SMARTS) is 2. The minimum atomic E-state index is -1.82. The molecule has 0 aromatic heterocycles. The number of nitrogens with two attached hydrogens (primary N) is 3. The predicted molar refractivity (Wildman–Crippen MR) is 112 cm³/mol. The Morgan fingerprint density at radius 2 is 1.52 bits per heavy atom. The molecule has 0 spiro atoms. The zero-order chi connectivity index (χ0) is 25.7. The number of aliphatic hydroxyl groups excluding tert-OH is 2. The minimum Gasteiger partial charge on any atom is -0.481 e. The third-order valence-corrected chi connectivity index (χ3v) is 4.18. The number of carbonyl (C=O) groups excluding carboxylic acids is 3. The summed E-state index contributed by atoms with van der Waals surface area (Å²) in [5, 5.41) is 43.2. The number of rotatable bonds is 15. The fourth-order valence-corrected chi connectivity index (χ4v) is 2.42. The van der Waals surface area contributed by atoms with Crippen molar-refractivity contribution in [2.24, 2.45) is 22.2 Å². The van der Waals surface area contributed by atoms with E-state index in [1.807, 2.05) is 5.32 Å². The van der Waals surface area contributed by atoms with E-state index in [0.29, 0.717) is 6.42 Å². The standard InChI is InChI=1S/C17H31N7O9/c1-7(26)12(15(31)22-9(16(32)33)5-11(27)28)24-14(30)10(6-25)23-13(29)8(18)3-2-4-21-17(19)20/h7-10,12,25-26H,2-6,18H2,1H3,(H,22,31)(H,23,29)(H,24,30)(H,27,28)(H,32,33)(H4,19,20,21). The van der Waals surface area contributed by atoms with Crippen molar-refractivity contribution in [2.75, 3.05) is 13.2 Å². The van der Waals surface area contributed by atoms with Gasteiger partial charge < -0.3 is 53.6 Å². The summed E-state index contributed by atoms with van der Waals surface area (Å²) in [4.78, 5) is 62.5. The topological polar surface area (TPSA) is 293 Å². The summed E-state index contributed by atoms with van der Waals surface area (Å²) >= 11 is 0. The Kier molecular flexibility index (Phi) is 13.0. The van der Waals surface area contributed by atoms with E-state index in [0.717, 1.165) is 6.92 Å². The number of aliphatic imine (C=N–C) groups is 1. The molecule has 0 heterocycles. The Bertz CT molecular complexity index is 740. The van der Waals surface area contributed by atoms with Crippen molar-refractivity contribution >= 4 is 35.6 Å². The third-order valence-electron chi connectivity index (χ3n) is 4.18. The number of nitrogens with zero attached hydrogens (tertiary/aromatic N) is 1. The van der Waals surface area contributed by atoms with Crippen LogP contribution in [0.3, 0.4) is 0 Å². The summed E-state index contributed by atoms with van der Waals surface area (Å²) in [7, 11) is 0. The van der Waals surface area contributed by atoms with E-state index in [-0.39, 0.29) is 18.9 Å². The number of aliphatic carboxylic acids is 2. The number of carboxylic acids is 2. The van der Waals surface area contributed by atoms with Gasteiger partial charge in [0.2, 0.25) is 17.7 Å². The largest absolute Gasteiger partial charge is 0.481 e. The van der Waals surface area contributed by atoms with Crippen LogP contribution in [0.1, 0.15) is 26.2 Å². The minimum absolute atomic E-state index is 0.126. The summed E-state index contributed by atoms with van der Waals surface area (Å²) in [5.41, 5.74) is 16.1. The van der Waals surface area contributed by atoms with Gasteiger partial charge in [0.1, 0.15) is 18.1 Å². The predicted octanol–water partition coefficient (Wildman–Crippen LogP) is -5.25. The molecule has 5 atom stereocenters. The van der Waals surface area contributed by atoms with Crippen molar-refractivity contribution < 1.29 is 44.4 Å². The van der Waals surface area contributed by atoms with E-state index in [1.165, 1.54) is 0 Å². The molecule has 0 saturated heterocycles. The quantitative estimate of drug-likeness (QED) is 0.0601. The first-order valence-corrected chi connectivity index (χ1v) is 9.75. The molecule has 33 heavy (non-hydrogen) atoms. The summed E-state index contributed by atoms with van der Waals surface area (Å²) < 4.78 is 0.